The summed E-state index contributed by atoms with van der Waals surface area (Å²) in [5.41, 5.74) is 2.62. The van der Waals surface area contributed by atoms with Crippen molar-refractivity contribution in [3.8, 4) is 5.88 Å². The van der Waals surface area contributed by atoms with E-state index < -0.39 is 5.91 Å². The number of fused-ring (bicyclic) bond motifs is 1. The van der Waals surface area contributed by atoms with Gasteiger partial charge in [0.2, 0.25) is 5.88 Å². The average molecular weight is 336 g/mol. The van der Waals surface area contributed by atoms with Gasteiger partial charge in [-0.05, 0) is 37.6 Å². The number of hydrogen-bond donors (Lipinski definition) is 1. The molecule has 3 rings (SSSR count). The Morgan fingerprint density at radius 1 is 1.32 bits per heavy atom. The van der Waals surface area contributed by atoms with E-state index in [9.17, 15) is 9.90 Å². The van der Waals surface area contributed by atoms with Gasteiger partial charge in [-0.2, -0.15) is 0 Å². The molecule has 3 aromatic rings. The Hall–Kier alpha value is -3.02. The zero-order valence-corrected chi connectivity index (χ0v) is 14.3. The van der Waals surface area contributed by atoms with Crippen LogP contribution in [0.2, 0.25) is 0 Å². The number of azo groups is 1. The number of amides is 1. The molecule has 2 heterocycles. The second-order valence-corrected chi connectivity index (χ2v) is 5.94. The van der Waals surface area contributed by atoms with Gasteiger partial charge >= 0.3 is 0 Å². The highest BCUT2D eigenvalue weighted by Gasteiger charge is 2.17. The van der Waals surface area contributed by atoms with E-state index in [-0.39, 0.29) is 5.88 Å². The van der Waals surface area contributed by atoms with Gasteiger partial charge in [0, 0.05) is 24.3 Å². The summed E-state index contributed by atoms with van der Waals surface area (Å²) in [6, 6.07) is 9.19. The highest BCUT2D eigenvalue weighted by molar-refractivity contribution is 5.97. The first kappa shape index (κ1) is 16.8. The molecule has 1 N–H and O–H groups in total. The summed E-state index contributed by atoms with van der Waals surface area (Å²) >= 11 is 0. The molecule has 0 saturated carbocycles. The SMILES string of the molecule is CCCCn1c(O)c(N=NC(=O)c2cccnc2)c2cc(C)ccc21. The monoisotopic (exact) mass is 336 g/mol. The predicted molar refractivity (Wildman–Crippen MR) is 96.3 cm³/mol. The number of rotatable bonds is 5. The largest absolute Gasteiger partial charge is 0.493 e. The van der Waals surface area contributed by atoms with Crippen molar-refractivity contribution in [1.82, 2.24) is 9.55 Å². The van der Waals surface area contributed by atoms with E-state index in [1.807, 2.05) is 29.7 Å². The first-order valence-corrected chi connectivity index (χ1v) is 8.29. The number of carbonyl (C=O) groups excluding carboxylic acids is 1. The number of benzene rings is 1. The van der Waals surface area contributed by atoms with Gasteiger partial charge in [-0.15, -0.1) is 10.2 Å². The molecule has 6 heteroatoms. The third kappa shape index (κ3) is 3.42. The lowest BCUT2D eigenvalue weighted by Gasteiger charge is -2.05. The van der Waals surface area contributed by atoms with Crippen molar-refractivity contribution in [3.05, 3.63) is 53.9 Å². The minimum Gasteiger partial charge on any atom is -0.493 e. The lowest BCUT2D eigenvalue weighted by molar-refractivity contribution is 0.0994. The van der Waals surface area contributed by atoms with E-state index in [1.54, 1.807) is 18.3 Å². The molecule has 128 valence electrons. The molecule has 2 aromatic heterocycles. The van der Waals surface area contributed by atoms with Crippen molar-refractivity contribution < 1.29 is 9.90 Å². The highest BCUT2D eigenvalue weighted by Crippen LogP contribution is 2.39. The molecule has 25 heavy (non-hydrogen) atoms. The predicted octanol–water partition coefficient (Wildman–Crippen LogP) is 4.77. The van der Waals surface area contributed by atoms with Crippen LogP contribution in [0.5, 0.6) is 5.88 Å². The van der Waals surface area contributed by atoms with Crippen molar-refractivity contribution >= 4 is 22.5 Å². The second-order valence-electron chi connectivity index (χ2n) is 5.94. The minimum atomic E-state index is -0.491. The molecule has 0 aliphatic heterocycles. The van der Waals surface area contributed by atoms with E-state index in [0.717, 1.165) is 29.3 Å². The van der Waals surface area contributed by atoms with E-state index in [4.69, 9.17) is 0 Å². The Balaban J connectivity index is 2.03. The standard InChI is InChI=1S/C19H20N4O2/c1-3-4-10-23-16-8-7-13(2)11-15(16)17(19(23)25)21-22-18(24)14-6-5-9-20-12-14/h5-9,11-12,25H,3-4,10H2,1-2H3. The van der Waals surface area contributed by atoms with Gasteiger partial charge in [-0.25, -0.2) is 0 Å². The van der Waals surface area contributed by atoms with Gasteiger partial charge in [0.1, 0.15) is 0 Å². The molecule has 0 aliphatic rings. The van der Waals surface area contributed by atoms with Crippen LogP contribution < -0.4 is 0 Å². The average Bonchev–Trinajstić information content (AvgIpc) is 2.89. The number of nitrogens with zero attached hydrogens (tertiary/aromatic N) is 4. The number of aromatic nitrogens is 2. The molecular formula is C19H20N4O2. The van der Waals surface area contributed by atoms with Crippen molar-refractivity contribution in [1.29, 1.82) is 0 Å². The fourth-order valence-electron chi connectivity index (χ4n) is 2.72. The Kier molecular flexibility index (Phi) is 4.88. The number of aryl methyl sites for hydroxylation is 2. The van der Waals surface area contributed by atoms with Crippen LogP contribution in [0.4, 0.5) is 5.69 Å². The van der Waals surface area contributed by atoms with Crippen LogP contribution in [0, 0.1) is 6.92 Å². The molecule has 0 bridgehead atoms. The quantitative estimate of drug-likeness (QED) is 0.681. The smallest absolute Gasteiger partial charge is 0.296 e. The maximum Gasteiger partial charge on any atom is 0.296 e. The fourth-order valence-corrected chi connectivity index (χ4v) is 2.72. The van der Waals surface area contributed by atoms with Gasteiger partial charge in [-0.1, -0.05) is 25.0 Å². The molecule has 0 unspecified atom stereocenters. The normalized spacial score (nSPS) is 11.4. The van der Waals surface area contributed by atoms with E-state index in [2.05, 4.69) is 22.1 Å². The Labute approximate surface area is 145 Å². The molecule has 0 atom stereocenters. The summed E-state index contributed by atoms with van der Waals surface area (Å²) < 4.78 is 1.82. The maximum atomic E-state index is 12.1. The van der Waals surface area contributed by atoms with Crippen LogP contribution in [0.1, 0.15) is 35.7 Å². The zero-order valence-electron chi connectivity index (χ0n) is 14.3. The molecule has 1 amide bonds. The van der Waals surface area contributed by atoms with Crippen molar-refractivity contribution in [2.75, 3.05) is 0 Å². The second kappa shape index (κ2) is 7.25. The first-order valence-electron chi connectivity index (χ1n) is 8.29. The highest BCUT2D eigenvalue weighted by atomic mass is 16.3. The minimum absolute atomic E-state index is 0.0387. The number of carbonyl (C=O) groups is 1. The number of pyridine rings is 1. The van der Waals surface area contributed by atoms with Gasteiger partial charge in [0.15, 0.2) is 5.69 Å². The molecule has 0 radical (unpaired) electrons. The molecule has 0 spiro atoms. The van der Waals surface area contributed by atoms with E-state index in [1.165, 1.54) is 6.20 Å². The van der Waals surface area contributed by atoms with Crippen molar-refractivity contribution in [2.24, 2.45) is 10.2 Å². The van der Waals surface area contributed by atoms with Crippen LogP contribution in [0.15, 0.2) is 53.0 Å². The van der Waals surface area contributed by atoms with Crippen LogP contribution in [-0.4, -0.2) is 20.6 Å². The van der Waals surface area contributed by atoms with Crippen LogP contribution >= 0.6 is 0 Å². The molecular weight excluding hydrogens is 316 g/mol. The molecule has 6 nitrogen and oxygen atoms in total. The third-order valence-electron chi connectivity index (χ3n) is 4.05. The van der Waals surface area contributed by atoms with Crippen molar-refractivity contribution in [2.45, 2.75) is 33.2 Å². The third-order valence-corrected chi connectivity index (χ3v) is 4.05. The van der Waals surface area contributed by atoms with Gasteiger partial charge in [0.25, 0.3) is 5.91 Å². The Bertz CT molecular complexity index is 929. The summed E-state index contributed by atoms with van der Waals surface area (Å²) in [6.45, 7) is 4.76. The molecule has 0 aliphatic carbocycles. The van der Waals surface area contributed by atoms with Crippen LogP contribution in [0.25, 0.3) is 10.9 Å². The number of hydrogen-bond acceptors (Lipinski definition) is 4. The lowest BCUT2D eigenvalue weighted by atomic mass is 10.1. The van der Waals surface area contributed by atoms with E-state index in [0.29, 0.717) is 17.8 Å². The molecule has 0 saturated heterocycles. The van der Waals surface area contributed by atoms with Crippen LogP contribution in [-0.2, 0) is 6.54 Å². The van der Waals surface area contributed by atoms with Gasteiger partial charge in [0.05, 0.1) is 11.1 Å². The van der Waals surface area contributed by atoms with Gasteiger partial charge in [-0.3, -0.25) is 9.78 Å². The van der Waals surface area contributed by atoms with Crippen LogP contribution in [0.3, 0.4) is 0 Å². The summed E-state index contributed by atoms with van der Waals surface area (Å²) in [6.07, 6.45) is 4.98. The molecule has 0 fully saturated rings. The number of unbranched alkanes of at least 4 members (excludes halogenated alkanes) is 1. The van der Waals surface area contributed by atoms with Gasteiger partial charge < -0.3 is 9.67 Å². The Morgan fingerprint density at radius 3 is 2.88 bits per heavy atom. The summed E-state index contributed by atoms with van der Waals surface area (Å²) in [4.78, 5) is 16.0. The fraction of sp³-hybridized carbons (Fsp3) is 0.263. The first-order chi connectivity index (χ1) is 12.1. The Morgan fingerprint density at radius 2 is 2.16 bits per heavy atom. The number of aromatic hydroxyl groups is 1. The zero-order chi connectivity index (χ0) is 17.8. The topological polar surface area (TPSA) is 79.8 Å². The van der Waals surface area contributed by atoms with E-state index >= 15 is 0 Å². The summed E-state index contributed by atoms with van der Waals surface area (Å²) in [5, 5.41) is 19.2. The lowest BCUT2D eigenvalue weighted by Crippen LogP contribution is -1.96. The maximum absolute atomic E-state index is 12.1. The summed E-state index contributed by atoms with van der Waals surface area (Å²) in [5.74, 6) is -0.452. The summed E-state index contributed by atoms with van der Waals surface area (Å²) in [7, 11) is 0. The van der Waals surface area contributed by atoms with Crippen molar-refractivity contribution in [3.63, 3.8) is 0 Å². The molecule has 1 aromatic carbocycles.